The number of hydrogen-bond donors (Lipinski definition) is 1. The third-order valence-electron chi connectivity index (χ3n) is 5.51. The van der Waals surface area contributed by atoms with Crippen molar-refractivity contribution < 1.29 is 0 Å². The Morgan fingerprint density at radius 3 is 2.34 bits per heavy atom. The number of fused-ring (bicyclic) bond motifs is 1. The van der Waals surface area contributed by atoms with E-state index in [4.69, 9.17) is 0 Å². The summed E-state index contributed by atoms with van der Waals surface area (Å²) >= 11 is 0. The van der Waals surface area contributed by atoms with Gasteiger partial charge in [0.25, 0.3) is 0 Å². The highest BCUT2D eigenvalue weighted by Gasteiger charge is 2.11. The highest BCUT2D eigenvalue weighted by molar-refractivity contribution is 5.81. The quantitative estimate of drug-likeness (QED) is 0.336. The lowest BCUT2D eigenvalue weighted by Crippen LogP contribution is -2.21. The fourth-order valence-electron chi connectivity index (χ4n) is 3.88. The summed E-state index contributed by atoms with van der Waals surface area (Å²) in [7, 11) is 0. The van der Waals surface area contributed by atoms with Crippen molar-refractivity contribution in [1.82, 2.24) is 10.3 Å². The highest BCUT2D eigenvalue weighted by atomic mass is 14.9. The molecule has 3 aromatic carbocycles. The number of pyridine rings is 1. The number of unbranched alkanes of at least 4 members (excludes halogenated alkanes) is 1. The maximum atomic E-state index is 4.20. The average Bonchev–Trinajstić information content (AvgIpc) is 2.80. The summed E-state index contributed by atoms with van der Waals surface area (Å²) in [6.45, 7) is 0.872. The Balaban J connectivity index is 1.37. The first-order valence-electron chi connectivity index (χ1n) is 10.5. The smallest absolute Gasteiger partial charge is 0.0346 e. The van der Waals surface area contributed by atoms with E-state index in [2.05, 4.69) is 95.2 Å². The molecule has 1 aromatic heterocycles. The fraction of sp³-hybridized carbons (Fsp3) is 0.222. The van der Waals surface area contributed by atoms with Crippen LogP contribution in [-0.4, -0.2) is 4.98 Å². The largest absolute Gasteiger partial charge is 0.306 e. The maximum absolute atomic E-state index is 4.20. The molecule has 0 unspecified atom stereocenters. The number of benzene rings is 3. The van der Waals surface area contributed by atoms with Crippen LogP contribution in [0, 0.1) is 0 Å². The molecule has 0 amide bonds. The van der Waals surface area contributed by atoms with Crippen LogP contribution in [0.1, 0.15) is 42.0 Å². The lowest BCUT2D eigenvalue weighted by atomic mass is 9.98. The van der Waals surface area contributed by atoms with Gasteiger partial charge in [0, 0.05) is 30.4 Å². The first-order chi connectivity index (χ1) is 14.4. The second kappa shape index (κ2) is 9.99. The molecule has 0 saturated carbocycles. The predicted molar refractivity (Wildman–Crippen MR) is 122 cm³/mol. The number of aryl methyl sites for hydroxylation is 1. The van der Waals surface area contributed by atoms with E-state index in [9.17, 15) is 0 Å². The Morgan fingerprint density at radius 1 is 0.724 bits per heavy atom. The molecule has 0 aliphatic rings. The predicted octanol–water partition coefficient (Wildman–Crippen LogP) is 6.48. The van der Waals surface area contributed by atoms with E-state index in [0.29, 0.717) is 6.04 Å². The monoisotopic (exact) mass is 380 g/mol. The Hall–Kier alpha value is -2.97. The summed E-state index contributed by atoms with van der Waals surface area (Å²) in [5, 5.41) is 6.24. The third-order valence-corrected chi connectivity index (χ3v) is 5.51. The van der Waals surface area contributed by atoms with E-state index in [1.165, 1.54) is 40.3 Å². The Labute approximate surface area is 173 Å². The summed E-state index contributed by atoms with van der Waals surface area (Å²) in [5.41, 5.74) is 4.12. The van der Waals surface area contributed by atoms with Gasteiger partial charge < -0.3 is 5.32 Å². The van der Waals surface area contributed by atoms with Crippen molar-refractivity contribution in [3.63, 3.8) is 0 Å². The first-order valence-corrected chi connectivity index (χ1v) is 10.5. The summed E-state index contributed by atoms with van der Waals surface area (Å²) in [5.74, 6) is 0. The van der Waals surface area contributed by atoms with E-state index < -0.39 is 0 Å². The van der Waals surface area contributed by atoms with Crippen molar-refractivity contribution in [2.75, 3.05) is 0 Å². The topological polar surface area (TPSA) is 24.9 Å². The number of nitrogens with one attached hydrogen (secondary N) is 1. The van der Waals surface area contributed by atoms with Gasteiger partial charge in [0.2, 0.25) is 0 Å². The van der Waals surface area contributed by atoms with Crippen molar-refractivity contribution in [2.24, 2.45) is 0 Å². The molecule has 4 rings (SSSR count). The van der Waals surface area contributed by atoms with Crippen LogP contribution < -0.4 is 5.32 Å². The molecule has 0 bridgehead atoms. The molecular formula is C27H28N2. The molecule has 2 nitrogen and oxygen atoms in total. The molecule has 29 heavy (non-hydrogen) atoms. The minimum Gasteiger partial charge on any atom is -0.306 e. The fourth-order valence-corrected chi connectivity index (χ4v) is 3.88. The average molecular weight is 381 g/mol. The second-order valence-electron chi connectivity index (χ2n) is 7.63. The minimum absolute atomic E-state index is 0.375. The lowest BCUT2D eigenvalue weighted by molar-refractivity contribution is 0.475. The number of hydrogen-bond acceptors (Lipinski definition) is 2. The summed E-state index contributed by atoms with van der Waals surface area (Å²) < 4.78 is 0. The molecule has 146 valence electrons. The third kappa shape index (κ3) is 5.52. The van der Waals surface area contributed by atoms with Crippen LogP contribution >= 0.6 is 0 Å². The van der Waals surface area contributed by atoms with Crippen LogP contribution in [0.3, 0.4) is 0 Å². The van der Waals surface area contributed by atoms with Crippen molar-refractivity contribution in [2.45, 2.75) is 38.3 Å². The first kappa shape index (κ1) is 19.4. The molecule has 0 spiro atoms. The molecule has 4 aromatic rings. The Morgan fingerprint density at radius 2 is 1.52 bits per heavy atom. The van der Waals surface area contributed by atoms with Gasteiger partial charge in [-0.1, -0.05) is 79.2 Å². The van der Waals surface area contributed by atoms with Crippen molar-refractivity contribution in [3.8, 4) is 0 Å². The lowest BCUT2D eigenvalue weighted by Gasteiger charge is -2.20. The second-order valence-corrected chi connectivity index (χ2v) is 7.63. The van der Waals surface area contributed by atoms with Gasteiger partial charge in [0.15, 0.2) is 0 Å². The van der Waals surface area contributed by atoms with Crippen LogP contribution in [0.2, 0.25) is 0 Å². The molecule has 0 radical (unpaired) electrons. The molecule has 1 heterocycles. The van der Waals surface area contributed by atoms with Gasteiger partial charge in [-0.05, 0) is 53.5 Å². The Bertz CT molecular complexity index is 1010. The Kier molecular flexibility index (Phi) is 6.67. The van der Waals surface area contributed by atoms with Crippen molar-refractivity contribution >= 4 is 10.8 Å². The van der Waals surface area contributed by atoms with E-state index in [1.807, 2.05) is 12.4 Å². The molecular weight excluding hydrogens is 352 g/mol. The van der Waals surface area contributed by atoms with Gasteiger partial charge in [0.05, 0.1) is 0 Å². The standard InChI is InChI=1S/C27H28N2/c1-3-9-22(10-4-1)11-7-8-14-27(24-12-5-2-6-13-24)29-20-23-15-16-26-21-28-18-17-25(26)19-23/h1-6,9-10,12-13,15-19,21,27,29H,7-8,11,14,20H2/t27-/m0/s1. The van der Waals surface area contributed by atoms with Crippen LogP contribution in [0.5, 0.6) is 0 Å². The van der Waals surface area contributed by atoms with Gasteiger partial charge in [-0.25, -0.2) is 0 Å². The van der Waals surface area contributed by atoms with Crippen LogP contribution in [0.4, 0.5) is 0 Å². The minimum atomic E-state index is 0.375. The van der Waals surface area contributed by atoms with Crippen LogP contribution in [-0.2, 0) is 13.0 Å². The normalized spacial score (nSPS) is 12.1. The van der Waals surface area contributed by atoms with E-state index in [-0.39, 0.29) is 0 Å². The SMILES string of the molecule is c1ccc(CCCC[C@H](NCc2ccc3cnccc3c2)c2ccccc2)cc1. The number of rotatable bonds is 9. The van der Waals surface area contributed by atoms with Gasteiger partial charge >= 0.3 is 0 Å². The molecule has 0 saturated heterocycles. The number of aromatic nitrogens is 1. The molecule has 0 aliphatic carbocycles. The highest BCUT2D eigenvalue weighted by Crippen LogP contribution is 2.22. The molecule has 1 atom stereocenters. The van der Waals surface area contributed by atoms with E-state index >= 15 is 0 Å². The molecule has 0 fully saturated rings. The van der Waals surface area contributed by atoms with Crippen molar-refractivity contribution in [3.05, 3.63) is 114 Å². The zero-order valence-corrected chi connectivity index (χ0v) is 16.8. The van der Waals surface area contributed by atoms with Crippen LogP contribution in [0.25, 0.3) is 10.8 Å². The summed E-state index contributed by atoms with van der Waals surface area (Å²) in [6.07, 6.45) is 8.52. The summed E-state index contributed by atoms with van der Waals surface area (Å²) in [4.78, 5) is 4.20. The van der Waals surface area contributed by atoms with Gasteiger partial charge in [0.1, 0.15) is 0 Å². The molecule has 2 heteroatoms. The maximum Gasteiger partial charge on any atom is 0.0346 e. The molecule has 0 aliphatic heterocycles. The van der Waals surface area contributed by atoms with E-state index in [0.717, 1.165) is 19.4 Å². The van der Waals surface area contributed by atoms with Gasteiger partial charge in [-0.3, -0.25) is 4.98 Å². The van der Waals surface area contributed by atoms with Gasteiger partial charge in [-0.15, -0.1) is 0 Å². The molecule has 1 N–H and O–H groups in total. The van der Waals surface area contributed by atoms with E-state index in [1.54, 1.807) is 0 Å². The van der Waals surface area contributed by atoms with Crippen LogP contribution in [0.15, 0.2) is 97.3 Å². The summed E-state index contributed by atoms with van der Waals surface area (Å²) in [6, 6.07) is 30.7. The van der Waals surface area contributed by atoms with Crippen molar-refractivity contribution in [1.29, 1.82) is 0 Å². The zero-order chi connectivity index (χ0) is 19.7. The number of nitrogens with zero attached hydrogens (tertiary/aromatic N) is 1. The zero-order valence-electron chi connectivity index (χ0n) is 16.8. The van der Waals surface area contributed by atoms with Gasteiger partial charge in [-0.2, -0.15) is 0 Å².